The van der Waals surface area contributed by atoms with Crippen molar-refractivity contribution in [3.05, 3.63) is 30.1 Å². The molecule has 18 heavy (non-hydrogen) atoms. The van der Waals surface area contributed by atoms with Gasteiger partial charge in [-0.15, -0.1) is 0 Å². The van der Waals surface area contributed by atoms with Crippen molar-refractivity contribution < 1.29 is 14.3 Å². The molecule has 0 unspecified atom stereocenters. The van der Waals surface area contributed by atoms with Gasteiger partial charge in [0.05, 0.1) is 42.7 Å². The lowest BCUT2D eigenvalue weighted by molar-refractivity contribution is -0.0586. The second-order valence-electron chi connectivity index (χ2n) is 4.37. The molecule has 3 rings (SSSR count). The highest BCUT2D eigenvalue weighted by molar-refractivity contribution is 5.93. The third-order valence-corrected chi connectivity index (χ3v) is 3.24. The Balaban J connectivity index is 1.96. The zero-order valence-electron chi connectivity index (χ0n) is 10.1. The van der Waals surface area contributed by atoms with Crippen molar-refractivity contribution in [3.8, 4) is 0 Å². The van der Waals surface area contributed by atoms with Crippen molar-refractivity contribution in [3.63, 3.8) is 0 Å². The second-order valence-corrected chi connectivity index (χ2v) is 4.37. The van der Waals surface area contributed by atoms with Crippen LogP contribution in [0.1, 0.15) is 16.8 Å². The minimum atomic E-state index is -0.329. The lowest BCUT2D eigenvalue weighted by Gasteiger charge is -2.26. The first-order valence-electron chi connectivity index (χ1n) is 5.93. The van der Waals surface area contributed by atoms with Crippen LogP contribution in [0.25, 0.3) is 11.0 Å². The van der Waals surface area contributed by atoms with Gasteiger partial charge in [0.15, 0.2) is 0 Å². The first-order chi connectivity index (χ1) is 8.78. The summed E-state index contributed by atoms with van der Waals surface area (Å²) in [5, 5.41) is 0. The maximum absolute atomic E-state index is 11.5. The van der Waals surface area contributed by atoms with E-state index in [-0.39, 0.29) is 12.1 Å². The number of carbonyl (C=O) groups excluding carboxylic acids is 1. The van der Waals surface area contributed by atoms with Crippen molar-refractivity contribution in [2.45, 2.75) is 19.1 Å². The van der Waals surface area contributed by atoms with Crippen LogP contribution in [0.15, 0.2) is 24.5 Å². The van der Waals surface area contributed by atoms with Gasteiger partial charge in [-0.05, 0) is 24.6 Å². The zero-order chi connectivity index (χ0) is 12.5. The van der Waals surface area contributed by atoms with Crippen LogP contribution in [-0.4, -0.2) is 35.3 Å². The van der Waals surface area contributed by atoms with E-state index in [0.717, 1.165) is 30.6 Å². The number of rotatable bonds is 3. The third kappa shape index (κ3) is 1.86. The molecule has 1 aromatic heterocycles. The average molecular weight is 246 g/mol. The van der Waals surface area contributed by atoms with Gasteiger partial charge in [0.25, 0.3) is 0 Å². The second kappa shape index (κ2) is 4.42. The molecule has 0 saturated carbocycles. The van der Waals surface area contributed by atoms with Crippen LogP contribution in [0.3, 0.4) is 0 Å². The summed E-state index contributed by atoms with van der Waals surface area (Å²) < 4.78 is 12.2. The van der Waals surface area contributed by atoms with E-state index in [4.69, 9.17) is 9.47 Å². The van der Waals surface area contributed by atoms with Crippen LogP contribution in [-0.2, 0) is 16.0 Å². The first-order valence-corrected chi connectivity index (χ1v) is 5.93. The molecule has 1 aliphatic rings. The molecule has 94 valence electrons. The molecule has 1 aromatic carbocycles. The van der Waals surface area contributed by atoms with E-state index < -0.39 is 0 Å². The number of nitrogens with zero attached hydrogens (tertiary/aromatic N) is 2. The highest BCUT2D eigenvalue weighted by Crippen LogP contribution is 2.19. The number of aromatic nitrogens is 2. The largest absolute Gasteiger partial charge is 0.465 e. The monoisotopic (exact) mass is 246 g/mol. The third-order valence-electron chi connectivity index (χ3n) is 3.24. The summed E-state index contributed by atoms with van der Waals surface area (Å²) in [7, 11) is 1.38. The van der Waals surface area contributed by atoms with Gasteiger partial charge in [0.1, 0.15) is 0 Å². The maximum Gasteiger partial charge on any atom is 0.337 e. The molecule has 0 radical (unpaired) electrons. The number of hydrogen-bond donors (Lipinski definition) is 0. The lowest BCUT2D eigenvalue weighted by atomic mass is 10.1. The number of esters is 1. The lowest BCUT2D eigenvalue weighted by Crippen LogP contribution is -2.30. The van der Waals surface area contributed by atoms with Gasteiger partial charge in [-0.3, -0.25) is 0 Å². The van der Waals surface area contributed by atoms with Gasteiger partial charge >= 0.3 is 5.97 Å². The van der Waals surface area contributed by atoms with E-state index in [1.54, 1.807) is 12.4 Å². The highest BCUT2D eigenvalue weighted by atomic mass is 16.5. The standard InChI is InChI=1S/C13H14N2O3/c1-17-13(16)9-2-3-11-12(6-9)15(8-14-11)7-10-4-5-18-10/h2-3,6,8,10H,4-5,7H2,1H3/t10-/m0/s1. The number of benzene rings is 1. The van der Waals surface area contributed by atoms with E-state index in [9.17, 15) is 4.79 Å². The minimum Gasteiger partial charge on any atom is -0.465 e. The fraction of sp³-hybridized carbons (Fsp3) is 0.385. The van der Waals surface area contributed by atoms with E-state index >= 15 is 0 Å². The summed E-state index contributed by atoms with van der Waals surface area (Å²) in [6.07, 6.45) is 3.13. The summed E-state index contributed by atoms with van der Waals surface area (Å²) in [6.45, 7) is 1.62. The molecular formula is C13H14N2O3. The van der Waals surface area contributed by atoms with Gasteiger partial charge in [0.2, 0.25) is 0 Å². The zero-order valence-corrected chi connectivity index (χ0v) is 10.1. The number of imidazole rings is 1. The van der Waals surface area contributed by atoms with E-state index in [1.807, 2.05) is 16.7 Å². The fourth-order valence-corrected chi connectivity index (χ4v) is 2.09. The molecule has 0 N–H and O–H groups in total. The van der Waals surface area contributed by atoms with Crippen LogP contribution >= 0.6 is 0 Å². The smallest absolute Gasteiger partial charge is 0.337 e. The molecule has 2 heterocycles. The minimum absolute atomic E-state index is 0.268. The summed E-state index contributed by atoms with van der Waals surface area (Å²) in [5.41, 5.74) is 2.36. The number of hydrogen-bond acceptors (Lipinski definition) is 4. The molecule has 5 nitrogen and oxygen atoms in total. The van der Waals surface area contributed by atoms with Gasteiger partial charge in [-0.25, -0.2) is 9.78 Å². The van der Waals surface area contributed by atoms with Crippen molar-refractivity contribution in [2.24, 2.45) is 0 Å². The Morgan fingerprint density at radius 2 is 2.44 bits per heavy atom. The predicted molar refractivity (Wildman–Crippen MR) is 65.4 cm³/mol. The molecule has 0 aliphatic carbocycles. The molecule has 0 amide bonds. The van der Waals surface area contributed by atoms with Crippen molar-refractivity contribution >= 4 is 17.0 Å². The topological polar surface area (TPSA) is 53.3 Å². The Hall–Kier alpha value is -1.88. The van der Waals surface area contributed by atoms with Crippen molar-refractivity contribution in [1.82, 2.24) is 9.55 Å². The number of methoxy groups -OCH3 is 1. The molecule has 2 aromatic rings. The van der Waals surface area contributed by atoms with Gasteiger partial charge in [-0.1, -0.05) is 0 Å². The van der Waals surface area contributed by atoms with Crippen LogP contribution in [0.2, 0.25) is 0 Å². The summed E-state index contributed by atoms with van der Waals surface area (Å²) in [5.74, 6) is -0.329. The van der Waals surface area contributed by atoms with Gasteiger partial charge < -0.3 is 14.0 Å². The molecule has 1 atom stereocenters. The number of fused-ring (bicyclic) bond motifs is 1. The Labute approximate surface area is 104 Å². The molecule has 0 spiro atoms. The van der Waals surface area contributed by atoms with E-state index in [1.165, 1.54) is 7.11 Å². The summed E-state index contributed by atoms with van der Waals surface area (Å²) >= 11 is 0. The Kier molecular flexibility index (Phi) is 2.76. The van der Waals surface area contributed by atoms with E-state index in [0.29, 0.717) is 5.56 Å². The number of ether oxygens (including phenoxy) is 2. The Morgan fingerprint density at radius 1 is 1.61 bits per heavy atom. The normalized spacial score (nSPS) is 18.6. The highest BCUT2D eigenvalue weighted by Gasteiger charge is 2.19. The quantitative estimate of drug-likeness (QED) is 0.772. The maximum atomic E-state index is 11.5. The van der Waals surface area contributed by atoms with Crippen molar-refractivity contribution in [1.29, 1.82) is 0 Å². The molecule has 5 heteroatoms. The summed E-state index contributed by atoms with van der Waals surface area (Å²) in [4.78, 5) is 15.8. The van der Waals surface area contributed by atoms with Gasteiger partial charge in [0, 0.05) is 6.61 Å². The average Bonchev–Trinajstić information content (AvgIpc) is 2.75. The molecule has 0 bridgehead atoms. The molecule has 1 saturated heterocycles. The van der Waals surface area contributed by atoms with Crippen molar-refractivity contribution in [2.75, 3.05) is 13.7 Å². The van der Waals surface area contributed by atoms with Crippen LogP contribution in [0, 0.1) is 0 Å². The van der Waals surface area contributed by atoms with E-state index in [2.05, 4.69) is 4.98 Å². The van der Waals surface area contributed by atoms with Crippen LogP contribution in [0.4, 0.5) is 0 Å². The molecule has 1 aliphatic heterocycles. The Bertz CT molecular complexity index is 587. The van der Waals surface area contributed by atoms with Crippen LogP contribution < -0.4 is 0 Å². The SMILES string of the molecule is COC(=O)c1ccc2ncn(C[C@@H]3CCO3)c2c1. The molecular weight excluding hydrogens is 232 g/mol. The van der Waals surface area contributed by atoms with Gasteiger partial charge in [-0.2, -0.15) is 0 Å². The number of carbonyl (C=O) groups is 1. The first kappa shape index (κ1) is 11.2. The Morgan fingerprint density at radius 3 is 3.11 bits per heavy atom. The fourth-order valence-electron chi connectivity index (χ4n) is 2.09. The summed E-state index contributed by atoms with van der Waals surface area (Å²) in [6, 6.07) is 5.37. The predicted octanol–water partition coefficient (Wildman–Crippen LogP) is 1.61. The van der Waals surface area contributed by atoms with Crippen LogP contribution in [0.5, 0.6) is 0 Å². The molecule has 1 fully saturated rings.